The van der Waals surface area contributed by atoms with Gasteiger partial charge in [-0.2, -0.15) is 0 Å². The van der Waals surface area contributed by atoms with Crippen LogP contribution in [-0.2, 0) is 4.74 Å². The molecule has 0 heterocycles. The Morgan fingerprint density at radius 2 is 1.86 bits per heavy atom. The molecule has 0 aliphatic carbocycles. The van der Waals surface area contributed by atoms with Crippen LogP contribution in [0.5, 0.6) is 0 Å². The van der Waals surface area contributed by atoms with E-state index in [2.05, 4.69) is 10.6 Å². The van der Waals surface area contributed by atoms with Crippen LogP contribution in [0.15, 0.2) is 18.2 Å². The molecule has 0 unspecified atom stereocenters. The number of nitrogens with two attached hydrogens (primary N) is 1. The van der Waals surface area contributed by atoms with E-state index in [-0.39, 0.29) is 11.6 Å². The quantitative estimate of drug-likeness (QED) is 0.573. The Morgan fingerprint density at radius 1 is 1.23 bits per heavy atom. The van der Waals surface area contributed by atoms with E-state index in [1.165, 1.54) is 12.1 Å². The van der Waals surface area contributed by atoms with Crippen molar-refractivity contribution in [3.05, 3.63) is 29.6 Å². The first-order valence-corrected chi connectivity index (χ1v) is 6.99. The summed E-state index contributed by atoms with van der Waals surface area (Å²) >= 11 is 0. The van der Waals surface area contributed by atoms with Crippen LogP contribution < -0.4 is 16.4 Å². The van der Waals surface area contributed by atoms with Crippen molar-refractivity contribution in [1.82, 2.24) is 10.6 Å². The molecule has 6 nitrogen and oxygen atoms in total. The molecule has 22 heavy (non-hydrogen) atoms. The minimum Gasteiger partial charge on any atom is -0.444 e. The number of rotatable bonds is 5. The van der Waals surface area contributed by atoms with Gasteiger partial charge >= 0.3 is 6.09 Å². The Labute approximate surface area is 129 Å². The van der Waals surface area contributed by atoms with Gasteiger partial charge < -0.3 is 21.1 Å². The highest BCUT2D eigenvalue weighted by Gasteiger charge is 2.15. The number of amides is 2. The second kappa shape index (κ2) is 7.63. The molecule has 1 aromatic carbocycles. The van der Waals surface area contributed by atoms with E-state index in [9.17, 15) is 14.0 Å². The Bertz CT molecular complexity index is 541. The topological polar surface area (TPSA) is 93.5 Å². The number of carbonyl (C=O) groups is 2. The van der Waals surface area contributed by atoms with Gasteiger partial charge in [-0.1, -0.05) is 0 Å². The Kier molecular flexibility index (Phi) is 6.15. The zero-order valence-electron chi connectivity index (χ0n) is 13.0. The zero-order chi connectivity index (χ0) is 16.8. The first-order chi connectivity index (χ1) is 10.2. The van der Waals surface area contributed by atoms with Crippen LogP contribution in [-0.4, -0.2) is 30.7 Å². The van der Waals surface area contributed by atoms with Gasteiger partial charge in [-0.3, -0.25) is 4.79 Å². The van der Waals surface area contributed by atoms with Crippen molar-refractivity contribution in [2.24, 2.45) is 0 Å². The molecule has 7 heteroatoms. The second-order valence-corrected chi connectivity index (χ2v) is 5.77. The van der Waals surface area contributed by atoms with E-state index in [0.717, 1.165) is 6.07 Å². The number of nitrogens with one attached hydrogen (secondary N) is 2. The molecule has 0 saturated heterocycles. The fourth-order valence-corrected chi connectivity index (χ4v) is 1.58. The Hall–Kier alpha value is -2.31. The average molecular weight is 311 g/mol. The maximum Gasteiger partial charge on any atom is 0.407 e. The SMILES string of the molecule is CC(C)(C)OC(=O)NCCCNC(=O)c1ccc(F)c(N)c1. The number of carbonyl (C=O) groups excluding carboxylic acids is 2. The lowest BCUT2D eigenvalue weighted by molar-refractivity contribution is 0.0527. The second-order valence-electron chi connectivity index (χ2n) is 5.77. The predicted molar refractivity (Wildman–Crippen MR) is 82.0 cm³/mol. The molecular weight excluding hydrogens is 289 g/mol. The molecule has 122 valence electrons. The third kappa shape index (κ3) is 6.43. The lowest BCUT2D eigenvalue weighted by Crippen LogP contribution is -2.34. The zero-order valence-corrected chi connectivity index (χ0v) is 13.0. The standard InChI is InChI=1S/C15H22FN3O3/c1-15(2,3)22-14(21)19-8-4-7-18-13(20)10-5-6-11(16)12(17)9-10/h5-6,9H,4,7-8,17H2,1-3H3,(H,18,20)(H,19,21). The molecular formula is C15H22FN3O3. The van der Waals surface area contributed by atoms with Crippen LogP contribution in [0.3, 0.4) is 0 Å². The largest absolute Gasteiger partial charge is 0.444 e. The smallest absolute Gasteiger partial charge is 0.407 e. The summed E-state index contributed by atoms with van der Waals surface area (Å²) in [6.45, 7) is 6.08. The minimum absolute atomic E-state index is 0.0701. The molecule has 0 bridgehead atoms. The first kappa shape index (κ1) is 17.7. The van der Waals surface area contributed by atoms with Gasteiger partial charge in [0.05, 0.1) is 5.69 Å². The highest BCUT2D eigenvalue weighted by Crippen LogP contribution is 2.12. The van der Waals surface area contributed by atoms with E-state index in [4.69, 9.17) is 10.5 Å². The fraction of sp³-hybridized carbons (Fsp3) is 0.467. The van der Waals surface area contributed by atoms with E-state index in [1.54, 1.807) is 20.8 Å². The average Bonchev–Trinajstić information content (AvgIpc) is 2.39. The molecule has 0 aliphatic heterocycles. The maximum atomic E-state index is 13.0. The molecule has 0 aliphatic rings. The predicted octanol–water partition coefficient (Wildman–Crippen LogP) is 2.05. The Balaban J connectivity index is 2.25. The van der Waals surface area contributed by atoms with Gasteiger partial charge in [-0.05, 0) is 45.4 Å². The molecule has 4 N–H and O–H groups in total. The number of halogens is 1. The number of hydrogen-bond donors (Lipinski definition) is 3. The number of nitrogen functional groups attached to an aromatic ring is 1. The number of hydrogen-bond acceptors (Lipinski definition) is 4. The van der Waals surface area contributed by atoms with Crippen LogP contribution in [0.25, 0.3) is 0 Å². The third-order valence-electron chi connectivity index (χ3n) is 2.57. The molecule has 0 aromatic heterocycles. The van der Waals surface area contributed by atoms with Crippen molar-refractivity contribution in [2.75, 3.05) is 18.8 Å². The molecule has 2 amide bonds. The highest BCUT2D eigenvalue weighted by molar-refractivity contribution is 5.95. The number of alkyl carbamates (subject to hydrolysis) is 1. The van der Waals surface area contributed by atoms with Gasteiger partial charge in [0.1, 0.15) is 11.4 Å². The summed E-state index contributed by atoms with van der Waals surface area (Å²) in [4.78, 5) is 23.2. The third-order valence-corrected chi connectivity index (χ3v) is 2.57. The van der Waals surface area contributed by atoms with Crippen LogP contribution in [0, 0.1) is 5.82 Å². The first-order valence-electron chi connectivity index (χ1n) is 6.99. The number of ether oxygens (including phenoxy) is 1. The summed E-state index contributed by atoms with van der Waals surface area (Å²) in [5.41, 5.74) is 5.08. The molecule has 0 spiro atoms. The van der Waals surface area contributed by atoms with E-state index >= 15 is 0 Å². The summed E-state index contributed by atoms with van der Waals surface area (Å²) in [6, 6.07) is 3.79. The minimum atomic E-state index is -0.557. The summed E-state index contributed by atoms with van der Waals surface area (Å²) in [5.74, 6) is -0.901. The van der Waals surface area contributed by atoms with Gasteiger partial charge in [-0.25, -0.2) is 9.18 Å². The van der Waals surface area contributed by atoms with Crippen LogP contribution >= 0.6 is 0 Å². The van der Waals surface area contributed by atoms with Gasteiger partial charge in [0.2, 0.25) is 0 Å². The fourth-order valence-electron chi connectivity index (χ4n) is 1.58. The van der Waals surface area contributed by atoms with E-state index in [0.29, 0.717) is 25.1 Å². The monoisotopic (exact) mass is 311 g/mol. The van der Waals surface area contributed by atoms with Gasteiger partial charge in [0.15, 0.2) is 0 Å². The number of benzene rings is 1. The maximum absolute atomic E-state index is 13.0. The Morgan fingerprint density at radius 3 is 2.45 bits per heavy atom. The van der Waals surface area contributed by atoms with Crippen molar-refractivity contribution in [3.63, 3.8) is 0 Å². The van der Waals surface area contributed by atoms with Gasteiger partial charge in [0.25, 0.3) is 5.91 Å². The summed E-state index contributed by atoms with van der Waals surface area (Å²) in [6.07, 6.45) is 0.0481. The van der Waals surface area contributed by atoms with Crippen molar-refractivity contribution in [2.45, 2.75) is 32.8 Å². The van der Waals surface area contributed by atoms with Crippen molar-refractivity contribution < 1.29 is 18.7 Å². The van der Waals surface area contributed by atoms with E-state index in [1.807, 2.05) is 0 Å². The molecule has 0 atom stereocenters. The molecule has 1 rings (SSSR count). The van der Waals surface area contributed by atoms with Crippen molar-refractivity contribution >= 4 is 17.7 Å². The summed E-state index contributed by atoms with van der Waals surface area (Å²) < 4.78 is 18.1. The lowest BCUT2D eigenvalue weighted by atomic mass is 10.2. The molecule has 0 radical (unpaired) electrons. The summed E-state index contributed by atoms with van der Waals surface area (Å²) in [5, 5.41) is 5.25. The van der Waals surface area contributed by atoms with Gasteiger partial charge in [-0.15, -0.1) is 0 Å². The number of anilines is 1. The lowest BCUT2D eigenvalue weighted by Gasteiger charge is -2.19. The molecule has 1 aromatic rings. The molecule has 0 saturated carbocycles. The van der Waals surface area contributed by atoms with E-state index < -0.39 is 17.5 Å². The highest BCUT2D eigenvalue weighted by atomic mass is 19.1. The van der Waals surface area contributed by atoms with Crippen molar-refractivity contribution in [1.29, 1.82) is 0 Å². The molecule has 0 fully saturated rings. The van der Waals surface area contributed by atoms with Crippen molar-refractivity contribution in [3.8, 4) is 0 Å². The normalized spacial score (nSPS) is 10.9. The van der Waals surface area contributed by atoms with Gasteiger partial charge in [0, 0.05) is 18.7 Å². The summed E-state index contributed by atoms with van der Waals surface area (Å²) in [7, 11) is 0. The van der Waals surface area contributed by atoms with Crippen LogP contribution in [0.1, 0.15) is 37.6 Å². The van der Waals surface area contributed by atoms with Crippen LogP contribution in [0.4, 0.5) is 14.9 Å². The van der Waals surface area contributed by atoms with Crippen LogP contribution in [0.2, 0.25) is 0 Å².